The molecule has 1 fully saturated rings. The third-order valence-corrected chi connectivity index (χ3v) is 7.15. The number of rotatable bonds is 7. The number of hydrogen-bond donors (Lipinski definition) is 1. The second-order valence-corrected chi connectivity index (χ2v) is 9.51. The monoisotopic (exact) mass is 487 g/mol. The SMILES string of the molecule is CC1=C(c2ccc(F)cc2)C(c2ccc(OCCN3CC(CF)C3)cc2)Oc2c1ccc1[nH]ncc21. The van der Waals surface area contributed by atoms with E-state index in [0.29, 0.717) is 6.61 Å². The van der Waals surface area contributed by atoms with Gasteiger partial charge in [-0.05, 0) is 60.0 Å². The van der Waals surface area contributed by atoms with E-state index >= 15 is 0 Å². The second kappa shape index (κ2) is 9.39. The topological polar surface area (TPSA) is 50.4 Å². The normalized spacial score (nSPS) is 18.1. The molecule has 1 saturated heterocycles. The summed E-state index contributed by atoms with van der Waals surface area (Å²) >= 11 is 0. The van der Waals surface area contributed by atoms with Crippen molar-refractivity contribution in [3.63, 3.8) is 0 Å². The van der Waals surface area contributed by atoms with Gasteiger partial charge >= 0.3 is 0 Å². The molecule has 3 aromatic carbocycles. The lowest BCUT2D eigenvalue weighted by Crippen LogP contribution is -2.49. The summed E-state index contributed by atoms with van der Waals surface area (Å²) in [5, 5.41) is 8.13. The number of nitrogens with one attached hydrogen (secondary N) is 1. The summed E-state index contributed by atoms with van der Waals surface area (Å²) in [7, 11) is 0. The minimum Gasteiger partial charge on any atom is -0.492 e. The molecule has 5 nitrogen and oxygen atoms in total. The summed E-state index contributed by atoms with van der Waals surface area (Å²) in [5.74, 6) is 1.47. The first kappa shape index (κ1) is 22.7. The van der Waals surface area contributed by atoms with Gasteiger partial charge in [0.15, 0.2) is 0 Å². The number of nitrogens with zero attached hydrogens (tertiary/aromatic N) is 2. The van der Waals surface area contributed by atoms with Crippen LogP contribution >= 0.6 is 0 Å². The van der Waals surface area contributed by atoms with E-state index in [4.69, 9.17) is 9.47 Å². The third kappa shape index (κ3) is 4.13. The molecule has 0 saturated carbocycles. The number of hydrogen-bond acceptors (Lipinski definition) is 4. The van der Waals surface area contributed by atoms with Crippen LogP contribution in [0.3, 0.4) is 0 Å². The predicted octanol–water partition coefficient (Wildman–Crippen LogP) is 6.05. The highest BCUT2D eigenvalue weighted by atomic mass is 19.1. The molecule has 0 bridgehead atoms. The van der Waals surface area contributed by atoms with Gasteiger partial charge in [-0.3, -0.25) is 14.4 Å². The second-order valence-electron chi connectivity index (χ2n) is 9.51. The van der Waals surface area contributed by atoms with Crippen molar-refractivity contribution in [3.05, 3.63) is 89.4 Å². The van der Waals surface area contributed by atoms with Crippen LogP contribution in [-0.4, -0.2) is 48.0 Å². The van der Waals surface area contributed by atoms with E-state index < -0.39 is 0 Å². The van der Waals surface area contributed by atoms with E-state index in [1.54, 1.807) is 18.3 Å². The average Bonchev–Trinajstić information content (AvgIpc) is 3.36. The van der Waals surface area contributed by atoms with Crippen LogP contribution in [0, 0.1) is 11.7 Å². The van der Waals surface area contributed by atoms with Gasteiger partial charge in [0.2, 0.25) is 0 Å². The highest BCUT2D eigenvalue weighted by Gasteiger charge is 2.31. The molecule has 7 heteroatoms. The molecule has 6 rings (SSSR count). The summed E-state index contributed by atoms with van der Waals surface area (Å²) < 4.78 is 38.9. The Morgan fingerprint density at radius 1 is 1.06 bits per heavy atom. The minimum absolute atomic E-state index is 0.181. The maximum atomic E-state index is 13.7. The first-order valence-corrected chi connectivity index (χ1v) is 12.2. The number of aromatic nitrogens is 2. The zero-order chi connectivity index (χ0) is 24.6. The molecule has 0 aliphatic carbocycles. The molecule has 1 N–H and O–H groups in total. The van der Waals surface area contributed by atoms with Gasteiger partial charge in [0, 0.05) is 36.7 Å². The highest BCUT2D eigenvalue weighted by Crippen LogP contribution is 2.48. The molecule has 36 heavy (non-hydrogen) atoms. The molecule has 0 spiro atoms. The molecule has 1 aromatic heterocycles. The Morgan fingerprint density at radius 2 is 1.83 bits per heavy atom. The van der Waals surface area contributed by atoms with E-state index in [9.17, 15) is 8.78 Å². The van der Waals surface area contributed by atoms with Gasteiger partial charge in [0.05, 0.1) is 23.8 Å². The number of H-pyrrole nitrogens is 1. The van der Waals surface area contributed by atoms with Crippen LogP contribution in [0.1, 0.15) is 29.7 Å². The molecule has 0 radical (unpaired) electrons. The number of likely N-dealkylation sites (tertiary alicyclic amines) is 1. The van der Waals surface area contributed by atoms with Crippen molar-refractivity contribution >= 4 is 22.0 Å². The van der Waals surface area contributed by atoms with Crippen LogP contribution in [0.5, 0.6) is 11.5 Å². The van der Waals surface area contributed by atoms with Gasteiger partial charge in [0.1, 0.15) is 30.0 Å². The smallest absolute Gasteiger partial charge is 0.150 e. The van der Waals surface area contributed by atoms with Crippen molar-refractivity contribution in [3.8, 4) is 11.5 Å². The Hall–Kier alpha value is -3.71. The Bertz CT molecular complexity index is 1410. The lowest BCUT2D eigenvalue weighted by molar-refractivity contribution is 0.0668. The van der Waals surface area contributed by atoms with Crippen LogP contribution in [0.15, 0.2) is 66.9 Å². The molecular weight excluding hydrogens is 460 g/mol. The predicted molar refractivity (Wildman–Crippen MR) is 136 cm³/mol. The van der Waals surface area contributed by atoms with Gasteiger partial charge < -0.3 is 9.47 Å². The standard InChI is InChI=1S/C29H27F2N3O2/c1-18-24-10-11-26-25(15-32-33-26)29(24)36-28(27(18)20-2-6-22(31)7-3-20)21-4-8-23(9-5-21)35-13-12-34-16-19(14-30)17-34/h2-11,15,19,28H,12-14,16-17H2,1H3,(H,32,33). The van der Waals surface area contributed by atoms with E-state index in [-0.39, 0.29) is 24.5 Å². The van der Waals surface area contributed by atoms with Crippen LogP contribution in [0.25, 0.3) is 22.0 Å². The molecular formula is C29H27F2N3O2. The van der Waals surface area contributed by atoms with Gasteiger partial charge in [0.25, 0.3) is 0 Å². The first-order valence-electron chi connectivity index (χ1n) is 12.2. The molecule has 1 unspecified atom stereocenters. The number of ether oxygens (including phenoxy) is 2. The maximum Gasteiger partial charge on any atom is 0.150 e. The molecule has 1 atom stereocenters. The summed E-state index contributed by atoms with van der Waals surface area (Å²) in [6, 6.07) is 18.5. The van der Waals surface area contributed by atoms with E-state index in [1.165, 1.54) is 12.1 Å². The fourth-order valence-electron chi connectivity index (χ4n) is 5.15. The summed E-state index contributed by atoms with van der Waals surface area (Å²) in [4.78, 5) is 2.20. The van der Waals surface area contributed by atoms with Gasteiger partial charge in [-0.15, -0.1) is 0 Å². The van der Waals surface area contributed by atoms with E-state index in [1.807, 2.05) is 36.4 Å². The first-order chi connectivity index (χ1) is 17.6. The van der Waals surface area contributed by atoms with Gasteiger partial charge in [-0.25, -0.2) is 4.39 Å². The Balaban J connectivity index is 1.29. The summed E-state index contributed by atoms with van der Waals surface area (Å²) in [6.45, 7) is 4.80. The minimum atomic E-state index is -0.378. The summed E-state index contributed by atoms with van der Waals surface area (Å²) in [6.07, 6.45) is 1.41. The summed E-state index contributed by atoms with van der Waals surface area (Å²) in [5.41, 5.74) is 5.88. The zero-order valence-electron chi connectivity index (χ0n) is 20.0. The number of benzene rings is 3. The molecule has 2 aliphatic heterocycles. The highest BCUT2D eigenvalue weighted by molar-refractivity contribution is 6.00. The molecule has 0 amide bonds. The van der Waals surface area contributed by atoms with E-state index in [0.717, 1.165) is 69.9 Å². The van der Waals surface area contributed by atoms with Crippen molar-refractivity contribution in [1.82, 2.24) is 15.1 Å². The molecule has 3 heterocycles. The number of alkyl halides is 1. The number of fused-ring (bicyclic) bond motifs is 3. The Kier molecular flexibility index (Phi) is 5.93. The fourth-order valence-corrected chi connectivity index (χ4v) is 5.15. The number of halogens is 2. The average molecular weight is 488 g/mol. The van der Waals surface area contributed by atoms with Crippen LogP contribution < -0.4 is 9.47 Å². The third-order valence-electron chi connectivity index (χ3n) is 7.15. The molecule has 184 valence electrons. The number of allylic oxidation sites excluding steroid dienone is 1. The number of aromatic amines is 1. The Morgan fingerprint density at radius 3 is 2.58 bits per heavy atom. The lowest BCUT2D eigenvalue weighted by atomic mass is 9.85. The molecule has 2 aliphatic rings. The van der Waals surface area contributed by atoms with Crippen molar-refractivity contribution in [2.24, 2.45) is 5.92 Å². The molecule has 4 aromatic rings. The van der Waals surface area contributed by atoms with Crippen molar-refractivity contribution in [1.29, 1.82) is 0 Å². The van der Waals surface area contributed by atoms with Crippen molar-refractivity contribution in [2.45, 2.75) is 13.0 Å². The van der Waals surface area contributed by atoms with Crippen molar-refractivity contribution in [2.75, 3.05) is 32.9 Å². The largest absolute Gasteiger partial charge is 0.492 e. The fraction of sp³-hybridized carbons (Fsp3) is 0.276. The van der Waals surface area contributed by atoms with E-state index in [2.05, 4.69) is 22.0 Å². The van der Waals surface area contributed by atoms with Crippen LogP contribution in [0.4, 0.5) is 8.78 Å². The quantitative estimate of drug-likeness (QED) is 0.345. The van der Waals surface area contributed by atoms with Crippen LogP contribution in [0.2, 0.25) is 0 Å². The van der Waals surface area contributed by atoms with Crippen LogP contribution in [-0.2, 0) is 0 Å². The van der Waals surface area contributed by atoms with Crippen molar-refractivity contribution < 1.29 is 18.3 Å². The maximum absolute atomic E-state index is 13.7. The van der Waals surface area contributed by atoms with Gasteiger partial charge in [-0.1, -0.05) is 24.3 Å². The van der Waals surface area contributed by atoms with Gasteiger partial charge in [-0.2, -0.15) is 5.10 Å². The lowest BCUT2D eigenvalue weighted by Gasteiger charge is -2.37. The Labute approximate surface area is 208 Å². The zero-order valence-corrected chi connectivity index (χ0v) is 20.0.